The molecule has 3 N–H and O–H groups in total. The summed E-state index contributed by atoms with van der Waals surface area (Å²) in [6.45, 7) is 1.51. The number of hydrogen-bond acceptors (Lipinski definition) is 5. The van der Waals surface area contributed by atoms with E-state index in [9.17, 15) is 4.79 Å². The van der Waals surface area contributed by atoms with Crippen LogP contribution in [-0.2, 0) is 17.8 Å². The molecular formula is C13H17N5O2. The van der Waals surface area contributed by atoms with Crippen LogP contribution in [0.1, 0.15) is 16.1 Å². The van der Waals surface area contributed by atoms with Crippen molar-refractivity contribution >= 4 is 11.6 Å². The summed E-state index contributed by atoms with van der Waals surface area (Å²) < 4.78 is 6.67. The molecule has 0 aromatic carbocycles. The van der Waals surface area contributed by atoms with Crippen molar-refractivity contribution in [3.8, 4) is 0 Å². The number of carbonyl (C=O) groups is 1. The van der Waals surface area contributed by atoms with Gasteiger partial charge in [-0.3, -0.25) is 14.5 Å². The van der Waals surface area contributed by atoms with Gasteiger partial charge >= 0.3 is 0 Å². The first-order valence-corrected chi connectivity index (χ1v) is 6.20. The number of amides is 1. The van der Waals surface area contributed by atoms with Crippen LogP contribution < -0.4 is 11.1 Å². The number of pyridine rings is 1. The summed E-state index contributed by atoms with van der Waals surface area (Å²) in [4.78, 5) is 16.1. The van der Waals surface area contributed by atoms with Crippen LogP contribution in [0.4, 0.5) is 5.69 Å². The van der Waals surface area contributed by atoms with Crippen LogP contribution in [0.5, 0.6) is 0 Å². The largest absolute Gasteiger partial charge is 0.383 e. The molecule has 0 atom stereocenters. The van der Waals surface area contributed by atoms with E-state index in [1.54, 1.807) is 42.5 Å². The van der Waals surface area contributed by atoms with E-state index in [1.807, 2.05) is 0 Å². The van der Waals surface area contributed by atoms with Crippen LogP contribution in [0.15, 0.2) is 30.7 Å². The van der Waals surface area contributed by atoms with Crippen molar-refractivity contribution in [1.29, 1.82) is 0 Å². The van der Waals surface area contributed by atoms with E-state index in [2.05, 4.69) is 15.4 Å². The van der Waals surface area contributed by atoms with Crippen LogP contribution in [0.25, 0.3) is 0 Å². The minimum atomic E-state index is -0.214. The molecular weight excluding hydrogens is 258 g/mol. The number of hydrogen-bond donors (Lipinski definition) is 2. The third kappa shape index (κ3) is 3.62. The van der Waals surface area contributed by atoms with Gasteiger partial charge in [-0.15, -0.1) is 0 Å². The number of aromatic nitrogens is 3. The summed E-state index contributed by atoms with van der Waals surface area (Å²) >= 11 is 0. The van der Waals surface area contributed by atoms with Crippen LogP contribution in [0, 0.1) is 0 Å². The summed E-state index contributed by atoms with van der Waals surface area (Å²) in [6.07, 6.45) is 4.92. The fourth-order valence-electron chi connectivity index (χ4n) is 1.67. The van der Waals surface area contributed by atoms with E-state index in [0.29, 0.717) is 36.6 Å². The lowest BCUT2D eigenvalue weighted by molar-refractivity contribution is 0.102. The number of methoxy groups -OCH3 is 1. The Bertz CT molecular complexity index is 582. The monoisotopic (exact) mass is 275 g/mol. The van der Waals surface area contributed by atoms with Gasteiger partial charge in [0.15, 0.2) is 0 Å². The van der Waals surface area contributed by atoms with Gasteiger partial charge in [0.1, 0.15) is 0 Å². The van der Waals surface area contributed by atoms with Crippen molar-refractivity contribution in [2.75, 3.05) is 19.0 Å². The van der Waals surface area contributed by atoms with Crippen molar-refractivity contribution in [1.82, 2.24) is 14.8 Å². The Balaban J connectivity index is 2.01. The summed E-state index contributed by atoms with van der Waals surface area (Å²) in [7, 11) is 1.63. The lowest BCUT2D eigenvalue weighted by atomic mass is 10.2. The first kappa shape index (κ1) is 14.2. The second-order valence-electron chi connectivity index (χ2n) is 4.18. The van der Waals surface area contributed by atoms with Crippen LogP contribution in [0.2, 0.25) is 0 Å². The zero-order chi connectivity index (χ0) is 14.4. The maximum atomic E-state index is 12.1. The molecule has 0 spiro atoms. The van der Waals surface area contributed by atoms with Gasteiger partial charge in [-0.1, -0.05) is 0 Å². The Hall–Kier alpha value is -2.25. The van der Waals surface area contributed by atoms with Crippen LogP contribution in [-0.4, -0.2) is 34.4 Å². The quantitative estimate of drug-likeness (QED) is 0.806. The number of carbonyl (C=O) groups excluding carboxylic acids is 1. The van der Waals surface area contributed by atoms with Gasteiger partial charge in [-0.25, -0.2) is 0 Å². The highest BCUT2D eigenvalue weighted by Crippen LogP contribution is 2.09. The molecule has 0 saturated heterocycles. The fourth-order valence-corrected chi connectivity index (χ4v) is 1.67. The first-order valence-electron chi connectivity index (χ1n) is 6.20. The van der Waals surface area contributed by atoms with Gasteiger partial charge in [0.2, 0.25) is 0 Å². The van der Waals surface area contributed by atoms with E-state index in [-0.39, 0.29) is 5.91 Å². The predicted octanol–water partition coefficient (Wildman–Crippen LogP) is 0.635. The molecule has 0 bridgehead atoms. The fraction of sp³-hybridized carbons (Fsp3) is 0.308. The van der Waals surface area contributed by atoms with E-state index < -0.39 is 0 Å². The molecule has 0 unspecified atom stereocenters. The molecule has 0 radical (unpaired) electrons. The standard InChI is InChI=1S/C13H17N5O2/c1-20-5-4-18-9-12(8-16-18)17-13(19)10-2-3-15-11(6-10)7-14/h2-3,6,8-9H,4-5,7,14H2,1H3,(H,17,19). The molecule has 2 aromatic rings. The van der Waals surface area contributed by atoms with Gasteiger partial charge < -0.3 is 15.8 Å². The van der Waals surface area contributed by atoms with Crippen molar-refractivity contribution in [2.24, 2.45) is 5.73 Å². The van der Waals surface area contributed by atoms with Gasteiger partial charge in [0.05, 0.1) is 30.7 Å². The smallest absolute Gasteiger partial charge is 0.255 e. The molecule has 0 aliphatic rings. The molecule has 20 heavy (non-hydrogen) atoms. The Morgan fingerprint density at radius 3 is 3.15 bits per heavy atom. The second-order valence-corrected chi connectivity index (χ2v) is 4.18. The minimum Gasteiger partial charge on any atom is -0.383 e. The van der Waals surface area contributed by atoms with E-state index in [4.69, 9.17) is 10.5 Å². The molecule has 2 heterocycles. The SMILES string of the molecule is COCCn1cc(NC(=O)c2ccnc(CN)c2)cn1. The number of rotatable bonds is 6. The lowest BCUT2D eigenvalue weighted by Gasteiger charge is -2.03. The maximum absolute atomic E-state index is 12.1. The Morgan fingerprint density at radius 1 is 1.55 bits per heavy atom. The highest BCUT2D eigenvalue weighted by Gasteiger charge is 2.08. The average Bonchev–Trinajstić information content (AvgIpc) is 2.92. The zero-order valence-corrected chi connectivity index (χ0v) is 11.2. The Morgan fingerprint density at radius 2 is 2.40 bits per heavy atom. The lowest BCUT2D eigenvalue weighted by Crippen LogP contribution is -2.13. The predicted molar refractivity (Wildman–Crippen MR) is 74.2 cm³/mol. The van der Waals surface area contributed by atoms with Crippen molar-refractivity contribution < 1.29 is 9.53 Å². The number of anilines is 1. The Kier molecular flexibility index (Phi) is 4.80. The van der Waals surface area contributed by atoms with E-state index >= 15 is 0 Å². The summed E-state index contributed by atoms with van der Waals surface area (Å²) in [5.74, 6) is -0.214. The summed E-state index contributed by atoms with van der Waals surface area (Å²) in [5, 5.41) is 6.90. The first-order chi connectivity index (χ1) is 9.72. The van der Waals surface area contributed by atoms with E-state index in [0.717, 1.165) is 0 Å². The molecule has 0 fully saturated rings. The van der Waals surface area contributed by atoms with Crippen LogP contribution >= 0.6 is 0 Å². The topological polar surface area (TPSA) is 95.1 Å². The normalized spacial score (nSPS) is 10.5. The van der Waals surface area contributed by atoms with Gasteiger partial charge in [0.25, 0.3) is 5.91 Å². The van der Waals surface area contributed by atoms with Crippen molar-refractivity contribution in [3.05, 3.63) is 42.0 Å². The molecule has 106 valence electrons. The van der Waals surface area contributed by atoms with E-state index in [1.165, 1.54) is 0 Å². The maximum Gasteiger partial charge on any atom is 0.255 e. The molecule has 7 heteroatoms. The molecule has 0 aliphatic carbocycles. The summed E-state index contributed by atoms with van der Waals surface area (Å²) in [6, 6.07) is 3.31. The molecule has 0 aliphatic heterocycles. The zero-order valence-electron chi connectivity index (χ0n) is 11.2. The number of nitrogens with one attached hydrogen (secondary N) is 1. The third-order valence-corrected chi connectivity index (χ3v) is 2.70. The number of ether oxygens (including phenoxy) is 1. The number of nitrogens with two attached hydrogens (primary N) is 1. The van der Waals surface area contributed by atoms with Crippen LogP contribution in [0.3, 0.4) is 0 Å². The minimum absolute atomic E-state index is 0.214. The highest BCUT2D eigenvalue weighted by atomic mass is 16.5. The molecule has 2 aromatic heterocycles. The van der Waals surface area contributed by atoms with Gasteiger partial charge in [0, 0.05) is 31.6 Å². The molecule has 7 nitrogen and oxygen atoms in total. The second kappa shape index (κ2) is 6.78. The molecule has 1 amide bonds. The van der Waals surface area contributed by atoms with Crippen molar-refractivity contribution in [3.63, 3.8) is 0 Å². The molecule has 2 rings (SSSR count). The van der Waals surface area contributed by atoms with Crippen molar-refractivity contribution in [2.45, 2.75) is 13.1 Å². The summed E-state index contributed by atoms with van der Waals surface area (Å²) in [5.41, 5.74) is 7.33. The molecule has 0 saturated carbocycles. The third-order valence-electron chi connectivity index (χ3n) is 2.70. The Labute approximate surface area is 116 Å². The highest BCUT2D eigenvalue weighted by molar-refractivity contribution is 6.04. The number of nitrogens with zero attached hydrogens (tertiary/aromatic N) is 3. The van der Waals surface area contributed by atoms with Gasteiger partial charge in [-0.2, -0.15) is 5.10 Å². The van der Waals surface area contributed by atoms with Gasteiger partial charge in [-0.05, 0) is 12.1 Å². The average molecular weight is 275 g/mol.